The van der Waals surface area contributed by atoms with Crippen molar-refractivity contribution in [1.82, 2.24) is 0 Å². The van der Waals surface area contributed by atoms with Crippen LogP contribution in [0.4, 0.5) is 0 Å². The zero-order valence-electron chi connectivity index (χ0n) is 12.9. The van der Waals surface area contributed by atoms with Gasteiger partial charge in [0.25, 0.3) is 0 Å². The quantitative estimate of drug-likeness (QED) is 0.426. The SMILES string of the molecule is O=C(O)C1=CC=CC(C(=O)c2cccc(C(=O)O)c2)C1(C(=O)O)C(=O)O. The first-order valence-corrected chi connectivity index (χ1v) is 7.10. The largest absolute Gasteiger partial charge is 0.480 e. The number of aliphatic carboxylic acids is 3. The highest BCUT2D eigenvalue weighted by molar-refractivity contribution is 6.16. The minimum absolute atomic E-state index is 0.252. The second kappa shape index (κ2) is 6.63. The lowest BCUT2D eigenvalue weighted by Gasteiger charge is -2.33. The number of benzene rings is 1. The van der Waals surface area contributed by atoms with E-state index in [-0.39, 0.29) is 11.1 Å². The number of hydrogen-bond donors (Lipinski definition) is 4. The molecule has 1 aliphatic carbocycles. The molecule has 0 saturated carbocycles. The Balaban J connectivity index is 2.66. The van der Waals surface area contributed by atoms with Crippen LogP contribution < -0.4 is 0 Å². The molecular formula is C17H12O9. The zero-order chi connectivity index (χ0) is 19.6. The van der Waals surface area contributed by atoms with E-state index in [0.717, 1.165) is 24.3 Å². The number of carbonyl (C=O) groups is 5. The maximum absolute atomic E-state index is 12.8. The molecular weight excluding hydrogens is 348 g/mol. The maximum Gasteiger partial charge on any atom is 0.335 e. The van der Waals surface area contributed by atoms with Crippen LogP contribution in [0.3, 0.4) is 0 Å². The first-order chi connectivity index (χ1) is 12.1. The van der Waals surface area contributed by atoms with Crippen LogP contribution in [-0.2, 0) is 14.4 Å². The number of Topliss-reactive ketones (excluding diaryl/α,β-unsaturated/α-hetero) is 1. The Bertz CT molecular complexity index is 877. The molecule has 1 unspecified atom stereocenters. The van der Waals surface area contributed by atoms with Crippen LogP contribution in [-0.4, -0.2) is 50.1 Å². The normalized spacial score (nSPS) is 17.8. The number of carboxylic acid groups (broad SMARTS) is 4. The fourth-order valence-electron chi connectivity index (χ4n) is 2.80. The first-order valence-electron chi connectivity index (χ1n) is 7.10. The van der Waals surface area contributed by atoms with Crippen molar-refractivity contribution in [3.63, 3.8) is 0 Å². The van der Waals surface area contributed by atoms with Crippen LogP contribution >= 0.6 is 0 Å². The van der Waals surface area contributed by atoms with Gasteiger partial charge in [-0.25, -0.2) is 9.59 Å². The highest BCUT2D eigenvalue weighted by Crippen LogP contribution is 2.42. The first kappa shape index (κ1) is 18.6. The lowest BCUT2D eigenvalue weighted by atomic mass is 9.65. The molecule has 4 N–H and O–H groups in total. The van der Waals surface area contributed by atoms with E-state index in [9.17, 15) is 39.3 Å². The van der Waals surface area contributed by atoms with Gasteiger partial charge >= 0.3 is 23.9 Å². The smallest absolute Gasteiger partial charge is 0.335 e. The summed E-state index contributed by atoms with van der Waals surface area (Å²) in [5.41, 5.74) is -4.54. The standard InChI is InChI=1S/C17H12O9/c18-12(8-3-1-4-9(7-8)13(19)20)10-5-2-6-11(14(21)22)17(10,15(23)24)16(25)26/h1-7,10H,(H,19,20)(H,21,22)(H,23,24)(H,25,26). The van der Waals surface area contributed by atoms with Gasteiger partial charge in [-0.05, 0) is 12.1 Å². The van der Waals surface area contributed by atoms with Crippen LogP contribution in [0.15, 0.2) is 48.1 Å². The molecule has 1 aromatic rings. The molecule has 1 aliphatic rings. The van der Waals surface area contributed by atoms with E-state index in [1.807, 2.05) is 0 Å². The van der Waals surface area contributed by atoms with E-state index < -0.39 is 46.6 Å². The van der Waals surface area contributed by atoms with Gasteiger partial charge < -0.3 is 20.4 Å². The number of carbonyl (C=O) groups excluding carboxylic acids is 1. The zero-order valence-corrected chi connectivity index (χ0v) is 12.9. The van der Waals surface area contributed by atoms with Gasteiger partial charge in [-0.15, -0.1) is 0 Å². The van der Waals surface area contributed by atoms with Crippen molar-refractivity contribution < 1.29 is 44.4 Å². The second-order valence-corrected chi connectivity index (χ2v) is 5.42. The minimum Gasteiger partial charge on any atom is -0.480 e. The molecule has 1 atom stereocenters. The molecule has 134 valence electrons. The van der Waals surface area contributed by atoms with Crippen molar-refractivity contribution in [2.24, 2.45) is 11.3 Å². The summed E-state index contributed by atoms with van der Waals surface area (Å²) in [5, 5.41) is 37.3. The molecule has 1 aromatic carbocycles. The predicted molar refractivity (Wildman–Crippen MR) is 83.8 cm³/mol. The fourth-order valence-corrected chi connectivity index (χ4v) is 2.80. The van der Waals surface area contributed by atoms with Crippen molar-refractivity contribution >= 4 is 29.7 Å². The molecule has 26 heavy (non-hydrogen) atoms. The molecule has 0 aromatic heterocycles. The lowest BCUT2D eigenvalue weighted by molar-refractivity contribution is -0.166. The van der Waals surface area contributed by atoms with E-state index in [4.69, 9.17) is 5.11 Å². The van der Waals surface area contributed by atoms with Crippen LogP contribution in [0.2, 0.25) is 0 Å². The minimum atomic E-state index is -3.04. The fraction of sp³-hybridized carbons (Fsp3) is 0.118. The third-order valence-corrected chi connectivity index (χ3v) is 4.04. The molecule has 0 radical (unpaired) electrons. The Morgan fingerprint density at radius 1 is 0.846 bits per heavy atom. The number of hydrogen-bond acceptors (Lipinski definition) is 5. The summed E-state index contributed by atoms with van der Waals surface area (Å²) in [4.78, 5) is 58.8. The van der Waals surface area contributed by atoms with Gasteiger partial charge in [0, 0.05) is 5.56 Å². The van der Waals surface area contributed by atoms with Gasteiger partial charge in [0.1, 0.15) is 0 Å². The number of rotatable bonds is 6. The monoisotopic (exact) mass is 360 g/mol. The molecule has 0 bridgehead atoms. The van der Waals surface area contributed by atoms with E-state index in [2.05, 4.69) is 0 Å². The van der Waals surface area contributed by atoms with Crippen molar-refractivity contribution in [2.75, 3.05) is 0 Å². The van der Waals surface area contributed by atoms with Gasteiger partial charge in [-0.3, -0.25) is 14.4 Å². The molecule has 0 saturated heterocycles. The summed E-state index contributed by atoms with van der Waals surface area (Å²) in [6, 6.07) is 4.59. The molecule has 0 spiro atoms. The highest BCUT2D eigenvalue weighted by Gasteiger charge is 2.60. The van der Waals surface area contributed by atoms with Crippen LogP contribution in [0.1, 0.15) is 20.7 Å². The summed E-state index contributed by atoms with van der Waals surface area (Å²) >= 11 is 0. The van der Waals surface area contributed by atoms with Crippen molar-refractivity contribution in [1.29, 1.82) is 0 Å². The molecule has 9 nitrogen and oxygen atoms in total. The topological polar surface area (TPSA) is 166 Å². The number of carboxylic acids is 4. The molecule has 0 amide bonds. The summed E-state index contributed by atoms with van der Waals surface area (Å²) < 4.78 is 0. The van der Waals surface area contributed by atoms with Gasteiger partial charge in [0.15, 0.2) is 5.78 Å². The van der Waals surface area contributed by atoms with Crippen LogP contribution in [0.5, 0.6) is 0 Å². The number of ketones is 1. The summed E-state index contributed by atoms with van der Waals surface area (Å²) in [5.74, 6) is -10.1. The third kappa shape index (κ3) is 2.75. The van der Waals surface area contributed by atoms with E-state index in [0.29, 0.717) is 0 Å². The molecule has 0 fully saturated rings. The van der Waals surface area contributed by atoms with E-state index in [1.54, 1.807) is 0 Å². The lowest BCUT2D eigenvalue weighted by Crippen LogP contribution is -2.52. The van der Waals surface area contributed by atoms with Gasteiger partial charge in [0.2, 0.25) is 5.41 Å². The van der Waals surface area contributed by atoms with E-state index >= 15 is 0 Å². The Morgan fingerprint density at radius 3 is 1.92 bits per heavy atom. The Kier molecular flexibility index (Phi) is 4.74. The average molecular weight is 360 g/mol. The Morgan fingerprint density at radius 2 is 1.42 bits per heavy atom. The molecule has 0 heterocycles. The second-order valence-electron chi connectivity index (χ2n) is 5.42. The van der Waals surface area contributed by atoms with Gasteiger partial charge in [0.05, 0.1) is 17.1 Å². The number of allylic oxidation sites excluding steroid dienone is 3. The molecule has 0 aliphatic heterocycles. The molecule has 2 rings (SSSR count). The Labute approximate surface area is 145 Å². The number of aromatic carboxylic acids is 1. The Hall–Kier alpha value is -3.75. The van der Waals surface area contributed by atoms with Gasteiger partial charge in [-0.2, -0.15) is 0 Å². The summed E-state index contributed by atoms with van der Waals surface area (Å²) in [6.07, 6.45) is 2.86. The van der Waals surface area contributed by atoms with E-state index in [1.165, 1.54) is 18.2 Å². The van der Waals surface area contributed by atoms with Crippen molar-refractivity contribution in [3.8, 4) is 0 Å². The van der Waals surface area contributed by atoms with Crippen molar-refractivity contribution in [2.45, 2.75) is 0 Å². The van der Waals surface area contributed by atoms with Gasteiger partial charge in [-0.1, -0.05) is 30.4 Å². The van der Waals surface area contributed by atoms with Crippen molar-refractivity contribution in [3.05, 3.63) is 59.2 Å². The third-order valence-electron chi connectivity index (χ3n) is 4.04. The van der Waals surface area contributed by atoms with Crippen LogP contribution in [0, 0.1) is 11.3 Å². The maximum atomic E-state index is 12.8. The van der Waals surface area contributed by atoms with Crippen LogP contribution in [0.25, 0.3) is 0 Å². The summed E-state index contributed by atoms with van der Waals surface area (Å²) in [6.45, 7) is 0. The molecule has 9 heteroatoms. The average Bonchev–Trinajstić information content (AvgIpc) is 2.59. The summed E-state index contributed by atoms with van der Waals surface area (Å²) in [7, 11) is 0. The predicted octanol–water partition coefficient (Wildman–Crippen LogP) is 0.920. The highest BCUT2D eigenvalue weighted by atomic mass is 16.4.